The highest BCUT2D eigenvalue weighted by molar-refractivity contribution is 5.73. The minimum atomic E-state index is 0.186. The van der Waals surface area contributed by atoms with E-state index < -0.39 is 0 Å². The Morgan fingerprint density at radius 1 is 1.16 bits per heavy atom. The van der Waals surface area contributed by atoms with E-state index in [1.54, 1.807) is 6.92 Å². The average Bonchev–Trinajstić information content (AvgIpc) is 2.63. The van der Waals surface area contributed by atoms with Gasteiger partial charge in [-0.15, -0.1) is 0 Å². The number of likely N-dealkylation sites (tertiary alicyclic amines) is 2. The second-order valence-electron chi connectivity index (χ2n) is 7.53. The Morgan fingerprint density at radius 2 is 1.88 bits per heavy atom. The summed E-state index contributed by atoms with van der Waals surface area (Å²) < 4.78 is 0. The number of amides is 1. The molecule has 0 spiro atoms. The zero-order valence-corrected chi connectivity index (χ0v) is 15.3. The summed E-state index contributed by atoms with van der Waals surface area (Å²) in [6, 6.07) is 9.17. The molecule has 2 heterocycles. The number of carbonyl (C=O) groups is 1. The van der Waals surface area contributed by atoms with Crippen molar-refractivity contribution in [3.63, 3.8) is 0 Å². The average molecular weight is 345 g/mol. The number of piperidine rings is 2. The molecule has 0 saturated carbocycles. The minimum Gasteiger partial charge on any atom is -0.396 e. The second-order valence-corrected chi connectivity index (χ2v) is 7.53. The third-order valence-corrected chi connectivity index (χ3v) is 5.61. The van der Waals surface area contributed by atoms with E-state index in [9.17, 15) is 9.90 Å². The molecule has 0 radical (unpaired) electrons. The third kappa shape index (κ3) is 5.19. The molecular weight excluding hydrogens is 314 g/mol. The van der Waals surface area contributed by atoms with Crippen molar-refractivity contribution in [3.05, 3.63) is 29.8 Å². The van der Waals surface area contributed by atoms with E-state index in [-0.39, 0.29) is 5.91 Å². The van der Waals surface area contributed by atoms with Crippen LogP contribution in [-0.4, -0.2) is 59.6 Å². The highest BCUT2D eigenvalue weighted by atomic mass is 16.3. The van der Waals surface area contributed by atoms with Crippen molar-refractivity contribution >= 4 is 11.6 Å². The Balaban J connectivity index is 1.49. The molecule has 1 aromatic rings. The maximum atomic E-state index is 11.4. The normalized spacial score (nSPS) is 20.6. The summed E-state index contributed by atoms with van der Waals surface area (Å²) in [6.45, 7) is 6.82. The summed E-state index contributed by atoms with van der Waals surface area (Å²) in [5.41, 5.74) is 2.53. The largest absolute Gasteiger partial charge is 0.396 e. The van der Waals surface area contributed by atoms with Crippen molar-refractivity contribution in [2.24, 2.45) is 5.92 Å². The number of aliphatic hydroxyl groups excluding tert-OH is 1. The number of hydrogen-bond acceptors (Lipinski definition) is 4. The SMILES string of the molecule is CC(=O)N1CCC(Nc2cccc(CN3CCC(CO)CC3)c2)CC1. The highest BCUT2D eigenvalue weighted by Crippen LogP contribution is 2.21. The lowest BCUT2D eigenvalue weighted by Gasteiger charge is -2.32. The van der Waals surface area contributed by atoms with Gasteiger partial charge < -0.3 is 15.3 Å². The first-order chi connectivity index (χ1) is 12.1. The third-order valence-electron chi connectivity index (χ3n) is 5.61. The molecule has 2 saturated heterocycles. The molecule has 2 aliphatic heterocycles. The first-order valence-electron chi connectivity index (χ1n) is 9.58. The van der Waals surface area contributed by atoms with Crippen LogP contribution >= 0.6 is 0 Å². The van der Waals surface area contributed by atoms with Gasteiger partial charge in [0.25, 0.3) is 0 Å². The molecule has 138 valence electrons. The number of nitrogens with one attached hydrogen (secondary N) is 1. The molecule has 0 unspecified atom stereocenters. The zero-order chi connectivity index (χ0) is 17.6. The van der Waals surface area contributed by atoms with Crippen LogP contribution in [0.25, 0.3) is 0 Å². The van der Waals surface area contributed by atoms with Gasteiger partial charge in [0, 0.05) is 44.9 Å². The molecule has 25 heavy (non-hydrogen) atoms. The van der Waals surface area contributed by atoms with E-state index in [1.807, 2.05) is 4.90 Å². The lowest BCUT2D eigenvalue weighted by atomic mass is 9.97. The van der Waals surface area contributed by atoms with Crippen LogP contribution in [0.1, 0.15) is 38.2 Å². The lowest BCUT2D eigenvalue weighted by Crippen LogP contribution is -2.41. The molecular formula is C20H31N3O2. The van der Waals surface area contributed by atoms with Gasteiger partial charge in [0.1, 0.15) is 0 Å². The smallest absolute Gasteiger partial charge is 0.219 e. The van der Waals surface area contributed by atoms with Gasteiger partial charge in [-0.25, -0.2) is 0 Å². The predicted molar refractivity (Wildman–Crippen MR) is 100 cm³/mol. The number of carbonyl (C=O) groups excluding carboxylic acids is 1. The molecule has 2 aliphatic rings. The number of aliphatic hydroxyl groups is 1. The summed E-state index contributed by atoms with van der Waals surface area (Å²) >= 11 is 0. The number of rotatable bonds is 5. The van der Waals surface area contributed by atoms with Crippen LogP contribution < -0.4 is 5.32 Å². The number of anilines is 1. The molecule has 2 N–H and O–H groups in total. The van der Waals surface area contributed by atoms with Crippen LogP contribution in [0, 0.1) is 5.92 Å². The maximum absolute atomic E-state index is 11.4. The summed E-state index contributed by atoms with van der Waals surface area (Å²) in [5, 5.41) is 12.9. The van der Waals surface area contributed by atoms with E-state index in [0.29, 0.717) is 18.6 Å². The Morgan fingerprint density at radius 3 is 2.52 bits per heavy atom. The van der Waals surface area contributed by atoms with E-state index in [1.165, 1.54) is 11.3 Å². The first kappa shape index (κ1) is 18.2. The van der Waals surface area contributed by atoms with Crippen LogP contribution in [0.4, 0.5) is 5.69 Å². The molecule has 5 heteroatoms. The summed E-state index contributed by atoms with van der Waals surface area (Å²) in [4.78, 5) is 15.8. The molecule has 2 fully saturated rings. The van der Waals surface area contributed by atoms with Crippen LogP contribution in [0.5, 0.6) is 0 Å². The quantitative estimate of drug-likeness (QED) is 0.860. The fraction of sp³-hybridized carbons (Fsp3) is 0.650. The summed E-state index contributed by atoms with van der Waals surface area (Å²) in [5.74, 6) is 0.676. The summed E-state index contributed by atoms with van der Waals surface area (Å²) in [7, 11) is 0. The maximum Gasteiger partial charge on any atom is 0.219 e. The standard InChI is InChI=1S/C20H31N3O2/c1-16(25)23-11-7-19(8-12-23)21-20-4-2-3-18(13-20)14-22-9-5-17(15-24)6-10-22/h2-4,13,17,19,21,24H,5-12,14-15H2,1H3. The van der Waals surface area contributed by atoms with Gasteiger partial charge in [-0.2, -0.15) is 0 Å². The molecule has 0 aromatic heterocycles. The highest BCUT2D eigenvalue weighted by Gasteiger charge is 2.21. The van der Waals surface area contributed by atoms with E-state index in [2.05, 4.69) is 34.5 Å². The topological polar surface area (TPSA) is 55.8 Å². The fourth-order valence-corrected chi connectivity index (χ4v) is 3.92. The van der Waals surface area contributed by atoms with Crippen molar-refractivity contribution in [2.45, 2.75) is 45.2 Å². The van der Waals surface area contributed by atoms with Gasteiger partial charge in [0.2, 0.25) is 5.91 Å². The van der Waals surface area contributed by atoms with E-state index in [0.717, 1.165) is 58.4 Å². The van der Waals surface area contributed by atoms with Crippen molar-refractivity contribution in [1.29, 1.82) is 0 Å². The molecule has 1 amide bonds. The van der Waals surface area contributed by atoms with E-state index >= 15 is 0 Å². The van der Waals surface area contributed by atoms with Crippen molar-refractivity contribution in [2.75, 3.05) is 38.1 Å². The summed E-state index contributed by atoms with van der Waals surface area (Å²) in [6.07, 6.45) is 4.23. The van der Waals surface area contributed by atoms with Crippen molar-refractivity contribution < 1.29 is 9.90 Å². The Bertz CT molecular complexity index is 562. The Hall–Kier alpha value is -1.59. The van der Waals surface area contributed by atoms with E-state index in [4.69, 9.17) is 0 Å². The molecule has 0 atom stereocenters. The minimum absolute atomic E-state index is 0.186. The molecule has 5 nitrogen and oxygen atoms in total. The zero-order valence-electron chi connectivity index (χ0n) is 15.3. The molecule has 0 aliphatic carbocycles. The molecule has 0 bridgehead atoms. The molecule has 3 rings (SSSR count). The first-order valence-corrected chi connectivity index (χ1v) is 9.58. The fourth-order valence-electron chi connectivity index (χ4n) is 3.92. The van der Waals surface area contributed by atoms with Gasteiger partial charge >= 0.3 is 0 Å². The monoisotopic (exact) mass is 345 g/mol. The van der Waals surface area contributed by atoms with Gasteiger partial charge in [-0.1, -0.05) is 12.1 Å². The van der Waals surface area contributed by atoms with Crippen LogP contribution in [-0.2, 0) is 11.3 Å². The van der Waals surface area contributed by atoms with Crippen LogP contribution in [0.15, 0.2) is 24.3 Å². The van der Waals surface area contributed by atoms with Crippen molar-refractivity contribution in [3.8, 4) is 0 Å². The van der Waals surface area contributed by atoms with Crippen LogP contribution in [0.3, 0.4) is 0 Å². The Kier molecular flexibility index (Phi) is 6.32. The number of benzene rings is 1. The second kappa shape index (κ2) is 8.68. The molecule has 1 aromatic carbocycles. The lowest BCUT2D eigenvalue weighted by molar-refractivity contribution is -0.129. The van der Waals surface area contributed by atoms with Gasteiger partial charge in [0.05, 0.1) is 0 Å². The van der Waals surface area contributed by atoms with Crippen LogP contribution in [0.2, 0.25) is 0 Å². The number of nitrogens with zero attached hydrogens (tertiary/aromatic N) is 2. The van der Waals surface area contributed by atoms with Gasteiger partial charge in [-0.3, -0.25) is 9.69 Å². The number of hydrogen-bond donors (Lipinski definition) is 2. The van der Waals surface area contributed by atoms with Gasteiger partial charge in [-0.05, 0) is 62.4 Å². The van der Waals surface area contributed by atoms with Gasteiger partial charge in [0.15, 0.2) is 0 Å². The Labute approximate surface area is 151 Å². The predicted octanol–water partition coefficient (Wildman–Crippen LogP) is 2.31. The van der Waals surface area contributed by atoms with Crippen molar-refractivity contribution in [1.82, 2.24) is 9.80 Å².